The molecular weight excluding hydrogens is 272 g/mol. The van der Waals surface area contributed by atoms with Crippen LogP contribution in [-0.2, 0) is 0 Å². The van der Waals surface area contributed by atoms with Crippen LogP contribution in [0.15, 0.2) is 42.1 Å². The smallest absolute Gasteiger partial charge is 0.175 e. The maximum Gasteiger partial charge on any atom is 0.175 e. The average molecular weight is 289 g/mol. The minimum Gasteiger partial charge on any atom is -0.497 e. The normalized spacial score (nSPS) is 13.4. The molecule has 5 heteroatoms. The van der Waals surface area contributed by atoms with Crippen molar-refractivity contribution >= 4 is 23.0 Å². The van der Waals surface area contributed by atoms with Gasteiger partial charge in [-0.2, -0.15) is 0 Å². The molecule has 0 saturated heterocycles. The Labute approximate surface area is 124 Å². The third-order valence-corrected chi connectivity index (χ3v) is 2.96. The van der Waals surface area contributed by atoms with Crippen molar-refractivity contribution in [1.29, 1.82) is 0 Å². The summed E-state index contributed by atoms with van der Waals surface area (Å²) in [6.07, 6.45) is 9.03. The number of methoxy groups -OCH3 is 2. The van der Waals surface area contributed by atoms with E-state index < -0.39 is 0 Å². The predicted molar refractivity (Wildman–Crippen MR) is 85.0 cm³/mol. The number of ether oxygens (including phenoxy) is 2. The highest BCUT2D eigenvalue weighted by molar-refractivity contribution is 7.80. The standard InChI is InChI=1S/C15H17N2O2S/c1-18-13-8-12(9-14(10-13)19-2)17-15(20)16-11-6-4-3-5-7-11/h3-4,6-10H,5H2,1-2H3,(H2,16,17,20). The number of allylic oxidation sites excluding steroid dienone is 3. The molecule has 0 spiro atoms. The second-order valence-corrected chi connectivity index (χ2v) is 4.58. The lowest BCUT2D eigenvalue weighted by Gasteiger charge is -2.14. The largest absolute Gasteiger partial charge is 0.497 e. The average Bonchev–Trinajstić information content (AvgIpc) is 2.47. The lowest BCUT2D eigenvalue weighted by Crippen LogP contribution is -2.27. The van der Waals surface area contributed by atoms with E-state index in [9.17, 15) is 0 Å². The summed E-state index contributed by atoms with van der Waals surface area (Å²) in [5, 5.41) is 6.78. The van der Waals surface area contributed by atoms with Gasteiger partial charge in [0.05, 0.1) is 14.2 Å². The number of hydrogen-bond donors (Lipinski definition) is 2. The monoisotopic (exact) mass is 289 g/mol. The number of hydrogen-bond acceptors (Lipinski definition) is 3. The van der Waals surface area contributed by atoms with Gasteiger partial charge in [0, 0.05) is 29.6 Å². The van der Waals surface area contributed by atoms with Crippen LogP contribution in [0.25, 0.3) is 0 Å². The summed E-state index contributed by atoms with van der Waals surface area (Å²) in [6.45, 7) is 0. The van der Waals surface area contributed by atoms with Crippen LogP contribution >= 0.6 is 12.2 Å². The molecule has 0 fully saturated rings. The summed E-state index contributed by atoms with van der Waals surface area (Å²) in [7, 11) is 3.23. The van der Waals surface area contributed by atoms with Crippen molar-refractivity contribution in [1.82, 2.24) is 5.32 Å². The van der Waals surface area contributed by atoms with Crippen molar-refractivity contribution in [3.63, 3.8) is 0 Å². The first-order chi connectivity index (χ1) is 9.71. The van der Waals surface area contributed by atoms with E-state index >= 15 is 0 Å². The molecule has 0 atom stereocenters. The van der Waals surface area contributed by atoms with E-state index in [-0.39, 0.29) is 0 Å². The van der Waals surface area contributed by atoms with Gasteiger partial charge in [-0.3, -0.25) is 0 Å². The van der Waals surface area contributed by atoms with E-state index in [2.05, 4.69) is 23.1 Å². The molecule has 0 unspecified atom stereocenters. The van der Waals surface area contributed by atoms with Gasteiger partial charge in [-0.05, 0) is 31.1 Å². The SMILES string of the molecule is COc1cc(NC(=S)NC2=CC[CH]C=C2)cc(OC)c1. The van der Waals surface area contributed by atoms with Crippen LogP contribution in [-0.4, -0.2) is 19.3 Å². The lowest BCUT2D eigenvalue weighted by molar-refractivity contribution is 0.395. The van der Waals surface area contributed by atoms with Crippen molar-refractivity contribution in [2.45, 2.75) is 6.42 Å². The Morgan fingerprint density at radius 1 is 1.10 bits per heavy atom. The number of nitrogens with one attached hydrogen (secondary N) is 2. The van der Waals surface area contributed by atoms with Crippen molar-refractivity contribution in [2.24, 2.45) is 0 Å². The second kappa shape index (κ2) is 6.96. The molecule has 1 radical (unpaired) electrons. The number of rotatable bonds is 4. The molecule has 20 heavy (non-hydrogen) atoms. The van der Waals surface area contributed by atoms with Crippen molar-refractivity contribution < 1.29 is 9.47 Å². The van der Waals surface area contributed by atoms with Gasteiger partial charge in [0.1, 0.15) is 11.5 Å². The molecule has 1 aliphatic rings. The minimum absolute atomic E-state index is 0.526. The van der Waals surface area contributed by atoms with Crippen LogP contribution in [0.3, 0.4) is 0 Å². The zero-order chi connectivity index (χ0) is 14.4. The summed E-state index contributed by atoms with van der Waals surface area (Å²) in [5.74, 6) is 1.42. The van der Waals surface area contributed by atoms with Crippen molar-refractivity contribution in [3.05, 3.63) is 48.5 Å². The Morgan fingerprint density at radius 3 is 2.35 bits per heavy atom. The highest BCUT2D eigenvalue weighted by Gasteiger charge is 2.05. The van der Waals surface area contributed by atoms with E-state index in [1.807, 2.05) is 30.4 Å². The predicted octanol–water partition coefficient (Wildman–Crippen LogP) is 3.04. The van der Waals surface area contributed by atoms with Gasteiger partial charge < -0.3 is 20.1 Å². The van der Waals surface area contributed by atoms with Gasteiger partial charge >= 0.3 is 0 Å². The van der Waals surface area contributed by atoms with Gasteiger partial charge in [-0.1, -0.05) is 12.2 Å². The Kier molecular flexibility index (Phi) is 5.01. The third kappa shape index (κ3) is 3.99. The van der Waals surface area contributed by atoms with Crippen LogP contribution in [0.2, 0.25) is 0 Å². The molecule has 1 aromatic carbocycles. The summed E-state index contributed by atoms with van der Waals surface area (Å²) < 4.78 is 10.4. The Hall–Kier alpha value is -2.01. The third-order valence-electron chi connectivity index (χ3n) is 2.75. The van der Waals surface area contributed by atoms with Crippen molar-refractivity contribution in [3.8, 4) is 11.5 Å². The Bertz CT molecular complexity index is 531. The number of anilines is 1. The van der Waals surface area contributed by atoms with Crippen LogP contribution in [0.5, 0.6) is 11.5 Å². The van der Waals surface area contributed by atoms with Gasteiger partial charge in [-0.15, -0.1) is 0 Å². The summed E-state index contributed by atoms with van der Waals surface area (Å²) >= 11 is 5.29. The van der Waals surface area contributed by atoms with Gasteiger partial charge in [0.15, 0.2) is 5.11 Å². The van der Waals surface area contributed by atoms with E-state index in [1.165, 1.54) is 0 Å². The summed E-state index contributed by atoms with van der Waals surface area (Å²) in [6, 6.07) is 5.52. The molecule has 0 saturated carbocycles. The fourth-order valence-corrected chi connectivity index (χ4v) is 2.01. The van der Waals surface area contributed by atoms with Crippen LogP contribution in [0, 0.1) is 6.42 Å². The molecular formula is C15H17N2O2S. The van der Waals surface area contributed by atoms with E-state index in [1.54, 1.807) is 14.2 Å². The minimum atomic E-state index is 0.526. The van der Waals surface area contributed by atoms with Crippen molar-refractivity contribution in [2.75, 3.05) is 19.5 Å². The van der Waals surface area contributed by atoms with Gasteiger partial charge in [0.2, 0.25) is 0 Å². The van der Waals surface area contributed by atoms with Crippen LogP contribution < -0.4 is 20.1 Å². The van der Waals surface area contributed by atoms with Gasteiger partial charge in [0.25, 0.3) is 0 Å². The molecule has 0 aliphatic heterocycles. The second-order valence-electron chi connectivity index (χ2n) is 4.17. The fourth-order valence-electron chi connectivity index (χ4n) is 1.78. The number of thiocarbonyl (C=S) groups is 1. The highest BCUT2D eigenvalue weighted by Crippen LogP contribution is 2.25. The first-order valence-electron chi connectivity index (χ1n) is 6.22. The highest BCUT2D eigenvalue weighted by atomic mass is 32.1. The first kappa shape index (κ1) is 14.4. The lowest BCUT2D eigenvalue weighted by atomic mass is 10.1. The molecule has 4 nitrogen and oxygen atoms in total. The maximum atomic E-state index is 5.29. The molecule has 0 heterocycles. The Balaban J connectivity index is 2.03. The molecule has 0 amide bonds. The molecule has 2 rings (SSSR count). The molecule has 2 N–H and O–H groups in total. The maximum absolute atomic E-state index is 5.29. The Morgan fingerprint density at radius 2 is 1.80 bits per heavy atom. The zero-order valence-corrected chi connectivity index (χ0v) is 12.3. The summed E-state index contributed by atoms with van der Waals surface area (Å²) in [5.41, 5.74) is 1.80. The summed E-state index contributed by atoms with van der Waals surface area (Å²) in [4.78, 5) is 0. The molecule has 1 aromatic rings. The number of benzene rings is 1. The van der Waals surface area contributed by atoms with Crippen LogP contribution in [0.1, 0.15) is 6.42 Å². The van der Waals surface area contributed by atoms with E-state index in [4.69, 9.17) is 21.7 Å². The van der Waals surface area contributed by atoms with Gasteiger partial charge in [-0.25, -0.2) is 0 Å². The zero-order valence-electron chi connectivity index (χ0n) is 11.5. The quantitative estimate of drug-likeness (QED) is 0.834. The fraction of sp³-hybridized carbons (Fsp3) is 0.200. The topological polar surface area (TPSA) is 42.5 Å². The molecule has 0 aromatic heterocycles. The molecule has 105 valence electrons. The molecule has 0 bridgehead atoms. The van der Waals surface area contributed by atoms with E-state index in [0.717, 1.165) is 17.8 Å². The first-order valence-corrected chi connectivity index (χ1v) is 6.63. The van der Waals surface area contributed by atoms with Crippen LogP contribution in [0.4, 0.5) is 5.69 Å². The van der Waals surface area contributed by atoms with E-state index in [0.29, 0.717) is 16.6 Å². The molecule has 1 aliphatic carbocycles.